The first kappa shape index (κ1) is 17.2. The Morgan fingerprint density at radius 1 is 1.15 bits per heavy atom. The fourth-order valence-electron chi connectivity index (χ4n) is 2.91. The number of hydrogen-bond donors (Lipinski definition) is 1. The smallest absolute Gasteiger partial charge is 0.419 e. The van der Waals surface area contributed by atoms with Crippen LogP contribution >= 0.6 is 0 Å². The Balaban J connectivity index is 2.39. The summed E-state index contributed by atoms with van der Waals surface area (Å²) in [5, 5.41) is 9.06. The van der Waals surface area contributed by atoms with Crippen LogP contribution in [0.25, 0.3) is 0 Å². The molecule has 0 aromatic rings. The van der Waals surface area contributed by atoms with Crippen molar-refractivity contribution in [2.45, 2.75) is 64.7 Å². The number of halogens is 4. The average molecular weight is 298 g/mol. The van der Waals surface area contributed by atoms with E-state index in [-0.39, 0.29) is 11.8 Å². The summed E-state index contributed by atoms with van der Waals surface area (Å²) in [6.45, 7) is 3.31. The molecule has 0 aromatic carbocycles. The lowest BCUT2D eigenvalue weighted by Gasteiger charge is -2.33. The number of hydrogen-bond acceptors (Lipinski definition) is 1. The Morgan fingerprint density at radius 2 is 1.60 bits per heavy atom. The predicted molar refractivity (Wildman–Crippen MR) is 67.0 cm³/mol. The predicted octanol–water partition coefficient (Wildman–Crippen LogP) is 4.58. The van der Waals surface area contributed by atoms with Crippen LogP contribution in [0, 0.1) is 17.3 Å². The van der Waals surface area contributed by atoms with Crippen LogP contribution in [0.15, 0.2) is 0 Å². The highest BCUT2D eigenvalue weighted by atomic mass is 19.4. The molecule has 6 heteroatoms. The van der Waals surface area contributed by atoms with Crippen molar-refractivity contribution in [3.63, 3.8) is 0 Å². The molecule has 0 spiro atoms. The quantitative estimate of drug-likeness (QED) is 0.754. The van der Waals surface area contributed by atoms with Gasteiger partial charge in [0, 0.05) is 0 Å². The van der Waals surface area contributed by atoms with E-state index in [0.29, 0.717) is 32.1 Å². The number of aliphatic carboxylic acids is 1. The SMILES string of the molecule is CC(C)(CC1CCC(CC(F)C(F)(F)F)CC1)C(=O)O. The van der Waals surface area contributed by atoms with Gasteiger partial charge >= 0.3 is 12.1 Å². The second kappa shape index (κ2) is 6.31. The molecule has 0 aromatic heterocycles. The largest absolute Gasteiger partial charge is 0.481 e. The normalized spacial score (nSPS) is 26.3. The third-order valence-corrected chi connectivity index (χ3v) is 4.24. The van der Waals surface area contributed by atoms with E-state index in [2.05, 4.69) is 0 Å². The molecule has 1 unspecified atom stereocenters. The summed E-state index contributed by atoms with van der Waals surface area (Å²) in [6.07, 6.45) is -4.96. The van der Waals surface area contributed by atoms with Gasteiger partial charge in [-0.3, -0.25) is 4.79 Å². The summed E-state index contributed by atoms with van der Waals surface area (Å²) < 4.78 is 49.4. The molecule has 1 aliphatic rings. The second-order valence-electron chi connectivity index (χ2n) is 6.52. The fraction of sp³-hybridized carbons (Fsp3) is 0.929. The zero-order valence-electron chi connectivity index (χ0n) is 11.8. The maximum Gasteiger partial charge on any atom is 0.419 e. The molecule has 118 valence electrons. The minimum Gasteiger partial charge on any atom is -0.481 e. The molecule has 2 nitrogen and oxygen atoms in total. The number of carbonyl (C=O) groups is 1. The molecule has 1 aliphatic carbocycles. The number of carboxylic acids is 1. The topological polar surface area (TPSA) is 37.3 Å². The molecule has 0 amide bonds. The number of rotatable bonds is 5. The first-order valence-electron chi connectivity index (χ1n) is 6.96. The Labute approximate surface area is 116 Å². The van der Waals surface area contributed by atoms with Crippen LogP contribution in [0.2, 0.25) is 0 Å². The van der Waals surface area contributed by atoms with Gasteiger partial charge < -0.3 is 5.11 Å². The van der Waals surface area contributed by atoms with Crippen LogP contribution in [-0.2, 0) is 4.79 Å². The molecule has 0 heterocycles. The molecule has 0 bridgehead atoms. The van der Waals surface area contributed by atoms with Gasteiger partial charge in [-0.2, -0.15) is 13.2 Å². The first-order valence-corrected chi connectivity index (χ1v) is 6.96. The van der Waals surface area contributed by atoms with Crippen LogP contribution in [0.3, 0.4) is 0 Å². The molecule has 0 aliphatic heterocycles. The summed E-state index contributed by atoms with van der Waals surface area (Å²) in [7, 11) is 0. The van der Waals surface area contributed by atoms with Crippen molar-refractivity contribution in [3.8, 4) is 0 Å². The van der Waals surface area contributed by atoms with E-state index in [4.69, 9.17) is 5.11 Å². The van der Waals surface area contributed by atoms with Crippen molar-refractivity contribution in [1.29, 1.82) is 0 Å². The molecule has 1 fully saturated rings. The molecular weight excluding hydrogens is 276 g/mol. The molecular formula is C14H22F4O2. The van der Waals surface area contributed by atoms with Crippen LogP contribution in [0.5, 0.6) is 0 Å². The monoisotopic (exact) mass is 298 g/mol. The van der Waals surface area contributed by atoms with Crippen LogP contribution in [-0.4, -0.2) is 23.4 Å². The lowest BCUT2D eigenvalue weighted by molar-refractivity contribution is -0.185. The number of alkyl halides is 4. The second-order valence-corrected chi connectivity index (χ2v) is 6.52. The lowest BCUT2D eigenvalue weighted by atomic mass is 9.73. The van der Waals surface area contributed by atoms with Gasteiger partial charge in [0.05, 0.1) is 5.41 Å². The summed E-state index contributed by atoms with van der Waals surface area (Å²) in [6, 6.07) is 0. The summed E-state index contributed by atoms with van der Waals surface area (Å²) in [5.41, 5.74) is -0.813. The lowest BCUT2D eigenvalue weighted by Crippen LogP contribution is -2.31. The van der Waals surface area contributed by atoms with Crippen molar-refractivity contribution in [3.05, 3.63) is 0 Å². The van der Waals surface area contributed by atoms with E-state index in [0.717, 1.165) is 0 Å². The zero-order chi connectivity index (χ0) is 15.6. The Bertz CT molecular complexity index is 331. The molecule has 1 N–H and O–H groups in total. The fourth-order valence-corrected chi connectivity index (χ4v) is 2.91. The van der Waals surface area contributed by atoms with Gasteiger partial charge in [-0.25, -0.2) is 4.39 Å². The van der Waals surface area contributed by atoms with E-state index in [1.165, 1.54) is 0 Å². The molecule has 0 saturated heterocycles. The highest BCUT2D eigenvalue weighted by Crippen LogP contribution is 2.40. The van der Waals surface area contributed by atoms with Crippen molar-refractivity contribution in [1.82, 2.24) is 0 Å². The van der Waals surface area contributed by atoms with Gasteiger partial charge in [-0.1, -0.05) is 25.7 Å². The van der Waals surface area contributed by atoms with Gasteiger partial charge in [0.15, 0.2) is 6.17 Å². The van der Waals surface area contributed by atoms with E-state index in [1.54, 1.807) is 13.8 Å². The van der Waals surface area contributed by atoms with E-state index in [9.17, 15) is 22.4 Å². The molecule has 0 radical (unpaired) electrons. The zero-order valence-corrected chi connectivity index (χ0v) is 11.8. The van der Waals surface area contributed by atoms with E-state index in [1.807, 2.05) is 0 Å². The molecule has 1 rings (SSSR count). The van der Waals surface area contributed by atoms with E-state index >= 15 is 0 Å². The van der Waals surface area contributed by atoms with Gasteiger partial charge in [0.25, 0.3) is 0 Å². The van der Waals surface area contributed by atoms with Gasteiger partial charge in [0.2, 0.25) is 0 Å². The van der Waals surface area contributed by atoms with Gasteiger partial charge in [0.1, 0.15) is 0 Å². The maximum absolute atomic E-state index is 13.0. The molecule has 1 saturated carbocycles. The summed E-state index contributed by atoms with van der Waals surface area (Å²) in [4.78, 5) is 11.0. The highest BCUT2D eigenvalue weighted by molar-refractivity contribution is 5.73. The summed E-state index contributed by atoms with van der Waals surface area (Å²) in [5.74, 6) is -0.891. The van der Waals surface area contributed by atoms with Crippen LogP contribution in [0.4, 0.5) is 17.6 Å². The Hall–Kier alpha value is -0.810. The molecule has 20 heavy (non-hydrogen) atoms. The van der Waals surface area contributed by atoms with Gasteiger partial charge in [-0.15, -0.1) is 0 Å². The van der Waals surface area contributed by atoms with Crippen molar-refractivity contribution in [2.75, 3.05) is 0 Å². The van der Waals surface area contributed by atoms with Crippen molar-refractivity contribution >= 4 is 5.97 Å². The van der Waals surface area contributed by atoms with Crippen molar-refractivity contribution < 1.29 is 27.5 Å². The minimum absolute atomic E-state index is 0.210. The van der Waals surface area contributed by atoms with Crippen LogP contribution in [0.1, 0.15) is 52.4 Å². The third-order valence-electron chi connectivity index (χ3n) is 4.24. The molecule has 1 atom stereocenters. The first-order chi connectivity index (χ1) is 9.02. The van der Waals surface area contributed by atoms with E-state index < -0.39 is 30.2 Å². The van der Waals surface area contributed by atoms with Crippen molar-refractivity contribution in [2.24, 2.45) is 17.3 Å². The Morgan fingerprint density at radius 3 is 2.00 bits per heavy atom. The highest BCUT2D eigenvalue weighted by Gasteiger charge is 2.42. The average Bonchev–Trinajstić information content (AvgIpc) is 2.29. The maximum atomic E-state index is 13.0. The van der Waals surface area contributed by atoms with Gasteiger partial charge in [-0.05, 0) is 38.5 Å². The number of carboxylic acid groups (broad SMARTS) is 1. The summed E-state index contributed by atoms with van der Waals surface area (Å²) >= 11 is 0. The third kappa shape index (κ3) is 4.94. The Kier molecular flexibility index (Phi) is 5.44. The minimum atomic E-state index is -4.76. The van der Waals surface area contributed by atoms with Crippen LogP contribution < -0.4 is 0 Å². The standard InChI is InChI=1S/C14H22F4O2/c1-13(2,12(19)20)8-10-5-3-9(4-6-10)7-11(15)14(16,17)18/h9-11H,3-8H2,1-2H3,(H,19,20).